The number of halogens is 4. The third-order valence-corrected chi connectivity index (χ3v) is 5.73. The van der Waals surface area contributed by atoms with Crippen molar-refractivity contribution in [1.82, 2.24) is 14.9 Å². The van der Waals surface area contributed by atoms with Crippen LogP contribution in [0.1, 0.15) is 17.5 Å². The molecule has 0 fully saturated rings. The molecule has 0 unspecified atom stereocenters. The second-order valence-electron chi connectivity index (χ2n) is 8.72. The second kappa shape index (κ2) is 10.00. The van der Waals surface area contributed by atoms with Crippen LogP contribution in [0.5, 0.6) is 0 Å². The zero-order valence-electron chi connectivity index (χ0n) is 19.7. The number of aromatic nitrogens is 2. The number of benzene rings is 3. The first-order chi connectivity index (χ1) is 16.6. The van der Waals surface area contributed by atoms with E-state index in [4.69, 9.17) is 9.97 Å². The number of nitrogens with zero attached hydrogens (tertiary/aromatic N) is 3. The largest absolute Gasteiger partial charge is 0.416 e. The molecule has 1 N–H and O–H groups in total. The van der Waals surface area contributed by atoms with Gasteiger partial charge in [-0.05, 0) is 69.4 Å². The van der Waals surface area contributed by atoms with Gasteiger partial charge in [-0.25, -0.2) is 14.4 Å². The van der Waals surface area contributed by atoms with E-state index in [1.54, 1.807) is 24.3 Å². The van der Waals surface area contributed by atoms with Gasteiger partial charge in [0.05, 0.1) is 11.1 Å². The van der Waals surface area contributed by atoms with Gasteiger partial charge in [0.1, 0.15) is 11.6 Å². The summed E-state index contributed by atoms with van der Waals surface area (Å²) in [6, 6.07) is 15.3. The fourth-order valence-corrected chi connectivity index (χ4v) is 3.91. The minimum Gasteiger partial charge on any atom is -0.369 e. The van der Waals surface area contributed by atoms with Crippen molar-refractivity contribution in [3.05, 3.63) is 77.6 Å². The van der Waals surface area contributed by atoms with Crippen LogP contribution in [-0.4, -0.2) is 42.1 Å². The van der Waals surface area contributed by atoms with Crippen molar-refractivity contribution in [3.63, 3.8) is 0 Å². The van der Waals surface area contributed by atoms with E-state index in [1.807, 2.05) is 39.2 Å². The van der Waals surface area contributed by atoms with Crippen molar-refractivity contribution < 1.29 is 17.6 Å². The topological polar surface area (TPSA) is 41.0 Å². The standard InChI is InChI=1S/C27H26F4N4/c1-17-7-4-10-22-24(17)33-25(34-26(22)32-13-6-14-35(2)3)19-9-5-8-18(15-19)21-12-11-20(16-23(21)28)27(29,30)31/h4-5,7-12,15-16H,6,13-14H2,1-3H3,(H,32,33,34). The fourth-order valence-electron chi connectivity index (χ4n) is 3.91. The Bertz CT molecular complexity index is 1350. The Kier molecular flexibility index (Phi) is 7.03. The molecule has 4 aromatic rings. The molecule has 0 bridgehead atoms. The number of rotatable bonds is 7. The molecule has 4 nitrogen and oxygen atoms in total. The Morgan fingerprint density at radius 1 is 0.914 bits per heavy atom. The summed E-state index contributed by atoms with van der Waals surface area (Å²) in [4.78, 5) is 11.6. The highest BCUT2D eigenvalue weighted by atomic mass is 19.4. The molecule has 8 heteroatoms. The van der Waals surface area contributed by atoms with Gasteiger partial charge < -0.3 is 10.2 Å². The molecule has 0 radical (unpaired) electrons. The van der Waals surface area contributed by atoms with Crippen LogP contribution in [0, 0.1) is 12.7 Å². The Hall–Kier alpha value is -3.52. The monoisotopic (exact) mass is 482 g/mol. The van der Waals surface area contributed by atoms with Gasteiger partial charge in [0.15, 0.2) is 5.82 Å². The summed E-state index contributed by atoms with van der Waals surface area (Å²) in [5.41, 5.74) is 1.95. The number of hydrogen-bond acceptors (Lipinski definition) is 4. The van der Waals surface area contributed by atoms with Crippen molar-refractivity contribution >= 4 is 16.7 Å². The Morgan fingerprint density at radius 3 is 2.37 bits per heavy atom. The van der Waals surface area contributed by atoms with Crippen LogP contribution < -0.4 is 5.32 Å². The molecule has 1 aromatic heterocycles. The number of alkyl halides is 3. The smallest absolute Gasteiger partial charge is 0.369 e. The summed E-state index contributed by atoms with van der Waals surface area (Å²) in [5, 5.41) is 4.32. The van der Waals surface area contributed by atoms with Crippen LogP contribution in [-0.2, 0) is 6.18 Å². The van der Waals surface area contributed by atoms with E-state index >= 15 is 0 Å². The van der Waals surface area contributed by atoms with Gasteiger partial charge in [0, 0.05) is 23.1 Å². The van der Waals surface area contributed by atoms with Crippen molar-refractivity contribution in [2.24, 2.45) is 0 Å². The predicted molar refractivity (Wildman–Crippen MR) is 132 cm³/mol. The van der Waals surface area contributed by atoms with E-state index in [0.717, 1.165) is 48.1 Å². The van der Waals surface area contributed by atoms with Crippen molar-refractivity contribution in [1.29, 1.82) is 0 Å². The molecule has 0 atom stereocenters. The lowest BCUT2D eigenvalue weighted by Gasteiger charge is -2.14. The first kappa shape index (κ1) is 24.6. The number of hydrogen-bond donors (Lipinski definition) is 1. The van der Waals surface area contributed by atoms with Gasteiger partial charge in [0.25, 0.3) is 0 Å². The van der Waals surface area contributed by atoms with Gasteiger partial charge in [-0.2, -0.15) is 13.2 Å². The second-order valence-corrected chi connectivity index (χ2v) is 8.72. The molecular weight excluding hydrogens is 456 g/mol. The molecule has 0 aliphatic rings. The zero-order valence-corrected chi connectivity index (χ0v) is 19.7. The van der Waals surface area contributed by atoms with Gasteiger partial charge >= 0.3 is 6.18 Å². The lowest BCUT2D eigenvalue weighted by atomic mass is 10.0. The quantitative estimate of drug-likeness (QED) is 0.233. The zero-order chi connectivity index (χ0) is 25.2. The maximum absolute atomic E-state index is 14.6. The highest BCUT2D eigenvalue weighted by molar-refractivity contribution is 5.92. The van der Waals surface area contributed by atoms with E-state index in [2.05, 4.69) is 10.2 Å². The molecule has 1 heterocycles. The van der Waals surface area contributed by atoms with Gasteiger partial charge in [0.2, 0.25) is 0 Å². The Morgan fingerprint density at radius 2 is 1.66 bits per heavy atom. The summed E-state index contributed by atoms with van der Waals surface area (Å²) in [7, 11) is 4.04. The first-order valence-electron chi connectivity index (χ1n) is 11.3. The van der Waals surface area contributed by atoms with Crippen molar-refractivity contribution in [3.8, 4) is 22.5 Å². The first-order valence-corrected chi connectivity index (χ1v) is 11.3. The minimum absolute atomic E-state index is 0.0823. The van der Waals surface area contributed by atoms with Crippen LogP contribution in [0.25, 0.3) is 33.4 Å². The molecule has 0 saturated carbocycles. The molecule has 0 aliphatic carbocycles. The summed E-state index contributed by atoms with van der Waals surface area (Å²) < 4.78 is 53.4. The SMILES string of the molecule is Cc1cccc2c(NCCCN(C)C)nc(-c3cccc(-c4ccc(C(F)(F)F)cc4F)c3)nc12. The van der Waals surface area contributed by atoms with Crippen LogP contribution in [0.4, 0.5) is 23.4 Å². The molecule has 0 amide bonds. The van der Waals surface area contributed by atoms with E-state index in [9.17, 15) is 17.6 Å². The molecule has 3 aromatic carbocycles. The number of nitrogens with one attached hydrogen (secondary N) is 1. The highest BCUT2D eigenvalue weighted by Crippen LogP contribution is 2.34. The van der Waals surface area contributed by atoms with Gasteiger partial charge in [-0.1, -0.05) is 36.4 Å². The Labute approximate surface area is 201 Å². The summed E-state index contributed by atoms with van der Waals surface area (Å²) in [5.74, 6) is 0.227. The van der Waals surface area contributed by atoms with E-state index in [-0.39, 0.29) is 5.56 Å². The number of para-hydroxylation sites is 1. The molecule has 4 rings (SSSR count). The van der Waals surface area contributed by atoms with E-state index in [0.29, 0.717) is 28.8 Å². The number of anilines is 1. The number of aryl methyl sites for hydroxylation is 1. The summed E-state index contributed by atoms with van der Waals surface area (Å²) in [6.45, 7) is 3.64. The minimum atomic E-state index is -4.60. The van der Waals surface area contributed by atoms with Gasteiger partial charge in [-0.3, -0.25) is 0 Å². The molecule has 0 saturated heterocycles. The summed E-state index contributed by atoms with van der Waals surface area (Å²) in [6.07, 6.45) is -3.67. The maximum atomic E-state index is 14.6. The average Bonchev–Trinajstić information content (AvgIpc) is 2.81. The van der Waals surface area contributed by atoms with Crippen LogP contribution in [0.3, 0.4) is 0 Å². The number of fused-ring (bicyclic) bond motifs is 1. The van der Waals surface area contributed by atoms with Crippen LogP contribution in [0.2, 0.25) is 0 Å². The van der Waals surface area contributed by atoms with Crippen LogP contribution in [0.15, 0.2) is 60.7 Å². The molecule has 35 heavy (non-hydrogen) atoms. The predicted octanol–water partition coefficient (Wildman–Crippen LogP) is 6.79. The van der Waals surface area contributed by atoms with Crippen molar-refractivity contribution in [2.75, 3.05) is 32.5 Å². The lowest BCUT2D eigenvalue weighted by molar-refractivity contribution is -0.137. The van der Waals surface area contributed by atoms with Gasteiger partial charge in [-0.15, -0.1) is 0 Å². The van der Waals surface area contributed by atoms with Crippen LogP contribution >= 0.6 is 0 Å². The molecule has 182 valence electrons. The Balaban J connectivity index is 1.73. The van der Waals surface area contributed by atoms with E-state index < -0.39 is 17.6 Å². The fraction of sp³-hybridized carbons (Fsp3) is 0.259. The molecule has 0 spiro atoms. The van der Waals surface area contributed by atoms with Crippen molar-refractivity contribution in [2.45, 2.75) is 19.5 Å². The molecular formula is C27H26F4N4. The normalized spacial score (nSPS) is 11.9. The highest BCUT2D eigenvalue weighted by Gasteiger charge is 2.31. The lowest BCUT2D eigenvalue weighted by Crippen LogP contribution is -2.17. The van der Waals surface area contributed by atoms with E-state index in [1.165, 1.54) is 0 Å². The maximum Gasteiger partial charge on any atom is 0.416 e. The molecule has 0 aliphatic heterocycles. The third-order valence-electron chi connectivity index (χ3n) is 5.73. The third kappa shape index (κ3) is 5.59. The summed E-state index contributed by atoms with van der Waals surface area (Å²) >= 11 is 0. The average molecular weight is 483 g/mol.